The Bertz CT molecular complexity index is 915. The quantitative estimate of drug-likeness (QED) is 0.714. The van der Waals surface area contributed by atoms with Crippen LogP contribution in [0.5, 0.6) is 0 Å². The number of hydrogen-bond acceptors (Lipinski definition) is 3. The third kappa shape index (κ3) is 2.84. The van der Waals surface area contributed by atoms with Gasteiger partial charge < -0.3 is 5.11 Å². The van der Waals surface area contributed by atoms with Crippen molar-refractivity contribution in [1.82, 2.24) is 9.38 Å². The van der Waals surface area contributed by atoms with Crippen LogP contribution in [0.3, 0.4) is 0 Å². The molecular formula is C16H14Cl2N2O2S. The summed E-state index contributed by atoms with van der Waals surface area (Å²) in [6.45, 7) is 4.08. The summed E-state index contributed by atoms with van der Waals surface area (Å²) in [4.78, 5) is 17.9. The molecule has 0 unspecified atom stereocenters. The van der Waals surface area contributed by atoms with Crippen LogP contribution < -0.4 is 0 Å². The predicted molar refractivity (Wildman–Crippen MR) is 94.0 cm³/mol. The number of aromatic nitrogens is 2. The highest BCUT2D eigenvalue weighted by atomic mass is 35.5. The molecule has 0 aliphatic rings. The molecule has 0 saturated carbocycles. The number of nitrogens with zero attached hydrogens (tertiary/aromatic N) is 2. The van der Waals surface area contributed by atoms with E-state index in [2.05, 4.69) is 4.98 Å². The van der Waals surface area contributed by atoms with E-state index in [-0.39, 0.29) is 6.42 Å². The van der Waals surface area contributed by atoms with Gasteiger partial charge in [0.15, 0.2) is 4.96 Å². The number of carboxylic acids is 1. The summed E-state index contributed by atoms with van der Waals surface area (Å²) in [5.74, 6) is -0.899. The van der Waals surface area contributed by atoms with E-state index in [4.69, 9.17) is 23.2 Å². The zero-order chi connectivity index (χ0) is 16.7. The largest absolute Gasteiger partial charge is 0.481 e. The molecule has 0 atom stereocenters. The first kappa shape index (κ1) is 16.3. The number of halogens is 2. The Balaban J connectivity index is 2.31. The van der Waals surface area contributed by atoms with Crippen LogP contribution in [0.1, 0.15) is 23.2 Å². The highest BCUT2D eigenvalue weighted by Crippen LogP contribution is 2.36. The normalized spacial score (nSPS) is 11.3. The Kier molecular flexibility index (Phi) is 4.36. The van der Waals surface area contributed by atoms with Crippen LogP contribution in [-0.4, -0.2) is 20.5 Å². The molecule has 4 nitrogen and oxygen atoms in total. The van der Waals surface area contributed by atoms with Crippen molar-refractivity contribution in [2.75, 3.05) is 0 Å². The molecule has 0 bridgehead atoms. The number of aliphatic carboxylic acids is 1. The minimum atomic E-state index is -0.899. The number of carboxylic acid groups (broad SMARTS) is 1. The first-order valence-corrected chi connectivity index (χ1v) is 8.66. The van der Waals surface area contributed by atoms with E-state index in [1.165, 1.54) is 0 Å². The maximum atomic E-state index is 11.3. The number of aryl methyl sites for hydroxylation is 2. The van der Waals surface area contributed by atoms with Gasteiger partial charge in [-0.05, 0) is 31.5 Å². The second kappa shape index (κ2) is 6.15. The van der Waals surface area contributed by atoms with Crippen LogP contribution in [0.4, 0.5) is 0 Å². The lowest BCUT2D eigenvalue weighted by Crippen LogP contribution is -2.06. The van der Waals surface area contributed by atoms with E-state index in [0.717, 1.165) is 22.0 Å². The second-order valence-electron chi connectivity index (χ2n) is 5.18. The molecule has 2 heterocycles. The molecule has 0 radical (unpaired) electrons. The molecule has 2 aromatic heterocycles. The number of rotatable bonds is 4. The average molecular weight is 369 g/mol. The van der Waals surface area contributed by atoms with Gasteiger partial charge in [0.2, 0.25) is 0 Å². The summed E-state index contributed by atoms with van der Waals surface area (Å²) >= 11 is 13.8. The molecule has 3 aromatic rings. The van der Waals surface area contributed by atoms with Crippen molar-refractivity contribution in [3.63, 3.8) is 0 Å². The summed E-state index contributed by atoms with van der Waals surface area (Å²) in [7, 11) is 0. The molecule has 23 heavy (non-hydrogen) atoms. The summed E-state index contributed by atoms with van der Waals surface area (Å²) in [5.41, 5.74) is 3.04. The van der Waals surface area contributed by atoms with Crippen molar-refractivity contribution in [2.45, 2.75) is 26.7 Å². The second-order valence-corrected chi connectivity index (χ2v) is 7.20. The number of benzene rings is 1. The number of hydrogen-bond donors (Lipinski definition) is 1. The minimum absolute atomic E-state index is 0.112. The van der Waals surface area contributed by atoms with Crippen LogP contribution in [0.25, 0.3) is 16.2 Å². The lowest BCUT2D eigenvalue weighted by molar-refractivity contribution is -0.136. The van der Waals surface area contributed by atoms with Crippen molar-refractivity contribution >= 4 is 45.5 Å². The van der Waals surface area contributed by atoms with Gasteiger partial charge in [-0.25, -0.2) is 4.98 Å². The summed E-state index contributed by atoms with van der Waals surface area (Å²) in [6.07, 6.45) is 0.696. The molecule has 7 heteroatoms. The van der Waals surface area contributed by atoms with Crippen molar-refractivity contribution in [1.29, 1.82) is 0 Å². The lowest BCUT2D eigenvalue weighted by atomic mass is 10.1. The molecule has 120 valence electrons. The van der Waals surface area contributed by atoms with Crippen LogP contribution in [0, 0.1) is 6.92 Å². The van der Waals surface area contributed by atoms with Crippen molar-refractivity contribution in [3.8, 4) is 11.3 Å². The maximum Gasteiger partial charge on any atom is 0.309 e. The topological polar surface area (TPSA) is 54.6 Å². The lowest BCUT2D eigenvalue weighted by Gasteiger charge is -2.07. The van der Waals surface area contributed by atoms with Crippen molar-refractivity contribution in [2.24, 2.45) is 0 Å². The van der Waals surface area contributed by atoms with Crippen LogP contribution >= 0.6 is 34.5 Å². The third-order valence-electron chi connectivity index (χ3n) is 3.70. The van der Waals surface area contributed by atoms with E-state index in [1.807, 2.05) is 18.2 Å². The van der Waals surface area contributed by atoms with Crippen molar-refractivity contribution < 1.29 is 9.90 Å². The number of carbonyl (C=O) groups is 1. The first-order chi connectivity index (χ1) is 10.9. The van der Waals surface area contributed by atoms with Crippen LogP contribution in [-0.2, 0) is 17.6 Å². The molecular weight excluding hydrogens is 355 g/mol. The summed E-state index contributed by atoms with van der Waals surface area (Å²) in [6, 6.07) is 5.15. The first-order valence-electron chi connectivity index (χ1n) is 7.09. The summed E-state index contributed by atoms with van der Waals surface area (Å²) in [5, 5.41) is 10.3. The van der Waals surface area contributed by atoms with Gasteiger partial charge in [0.25, 0.3) is 0 Å². The fourth-order valence-corrected chi connectivity index (χ4v) is 4.32. The third-order valence-corrected chi connectivity index (χ3v) is 5.25. The van der Waals surface area contributed by atoms with Gasteiger partial charge in [-0.1, -0.05) is 30.1 Å². The minimum Gasteiger partial charge on any atom is -0.481 e. The van der Waals surface area contributed by atoms with Gasteiger partial charge in [0, 0.05) is 21.2 Å². The molecule has 3 rings (SSSR count). The zero-order valence-electron chi connectivity index (χ0n) is 12.6. The Morgan fingerprint density at radius 1 is 1.35 bits per heavy atom. The molecule has 1 N–H and O–H groups in total. The van der Waals surface area contributed by atoms with Gasteiger partial charge in [-0.15, -0.1) is 11.3 Å². The molecule has 0 amide bonds. The number of fused-ring (bicyclic) bond motifs is 1. The fraction of sp³-hybridized carbons (Fsp3) is 0.250. The molecule has 0 aliphatic heterocycles. The van der Waals surface area contributed by atoms with E-state index < -0.39 is 5.97 Å². The predicted octanol–water partition coefficient (Wildman–Crippen LogP) is 4.87. The Hall–Kier alpha value is -1.56. The van der Waals surface area contributed by atoms with Gasteiger partial charge >= 0.3 is 5.97 Å². The molecule has 0 saturated heterocycles. The zero-order valence-corrected chi connectivity index (χ0v) is 14.9. The number of imidazole rings is 1. The van der Waals surface area contributed by atoms with Gasteiger partial charge in [0.05, 0.1) is 22.8 Å². The Labute approximate surface area is 147 Å². The van der Waals surface area contributed by atoms with Crippen LogP contribution in [0.2, 0.25) is 10.0 Å². The van der Waals surface area contributed by atoms with Gasteiger partial charge in [0.1, 0.15) is 0 Å². The Morgan fingerprint density at radius 2 is 2.09 bits per heavy atom. The molecule has 1 aromatic carbocycles. The average Bonchev–Trinajstić information content (AvgIpc) is 2.94. The standard InChI is InChI=1S/C16H14Cl2N2O2S/c1-3-12-8(2)23-16-19-15(13(20(12)16)7-14(21)22)10-5-4-9(17)6-11(10)18/h4-6H,3,7H2,1-2H3,(H,21,22). The van der Waals surface area contributed by atoms with Gasteiger partial charge in [-0.3, -0.25) is 9.20 Å². The number of thiazole rings is 1. The monoisotopic (exact) mass is 368 g/mol. The van der Waals surface area contributed by atoms with E-state index in [1.54, 1.807) is 29.5 Å². The molecule has 0 aliphatic carbocycles. The molecule has 0 spiro atoms. The maximum absolute atomic E-state index is 11.3. The highest BCUT2D eigenvalue weighted by molar-refractivity contribution is 7.17. The smallest absolute Gasteiger partial charge is 0.309 e. The molecule has 0 fully saturated rings. The van der Waals surface area contributed by atoms with Crippen LogP contribution in [0.15, 0.2) is 18.2 Å². The highest BCUT2D eigenvalue weighted by Gasteiger charge is 2.22. The summed E-state index contributed by atoms with van der Waals surface area (Å²) < 4.78 is 1.95. The fourth-order valence-electron chi connectivity index (χ4n) is 2.74. The van der Waals surface area contributed by atoms with E-state index >= 15 is 0 Å². The van der Waals surface area contributed by atoms with E-state index in [9.17, 15) is 9.90 Å². The van der Waals surface area contributed by atoms with E-state index in [0.29, 0.717) is 27.0 Å². The van der Waals surface area contributed by atoms with Crippen molar-refractivity contribution in [3.05, 3.63) is 44.5 Å². The Morgan fingerprint density at radius 3 is 2.70 bits per heavy atom. The SMILES string of the molecule is CCc1c(C)sc2nc(-c3ccc(Cl)cc3Cl)c(CC(=O)O)n12. The van der Waals surface area contributed by atoms with Gasteiger partial charge in [-0.2, -0.15) is 0 Å².